The summed E-state index contributed by atoms with van der Waals surface area (Å²) in [6.07, 6.45) is 5.07. The van der Waals surface area contributed by atoms with Gasteiger partial charge in [-0.1, -0.05) is 36.4 Å². The molecule has 2 heterocycles. The molecule has 0 unspecified atom stereocenters. The van der Waals surface area contributed by atoms with Crippen LogP contribution < -0.4 is 0 Å². The largest absolute Gasteiger partial charge is 0.381 e. The standard InChI is InChI=1S/C19H15N3O3S/c23-16-10-14(13-5-2-1-3-6-13)9-15(17-7-4-8-26-17)19(16)21-11-18(20-12-21)22(24)25/h1-8,10-12,15,19H,9H2/t15-,19+/m0/s1. The zero-order valence-electron chi connectivity index (χ0n) is 13.7. The molecule has 3 aromatic rings. The number of aromatic nitrogens is 2. The van der Waals surface area contributed by atoms with Gasteiger partial charge in [-0.25, -0.2) is 0 Å². The van der Waals surface area contributed by atoms with Crippen molar-refractivity contribution in [2.45, 2.75) is 18.4 Å². The van der Waals surface area contributed by atoms with Crippen molar-refractivity contribution >= 4 is 28.5 Å². The number of allylic oxidation sites excluding steroid dienone is 2. The molecule has 26 heavy (non-hydrogen) atoms. The molecule has 2 atom stereocenters. The van der Waals surface area contributed by atoms with Crippen molar-refractivity contribution in [2.75, 3.05) is 0 Å². The summed E-state index contributed by atoms with van der Waals surface area (Å²) < 4.78 is 1.57. The molecular weight excluding hydrogens is 350 g/mol. The second-order valence-corrected chi connectivity index (χ2v) is 7.12. The zero-order chi connectivity index (χ0) is 18.1. The maximum atomic E-state index is 13.0. The van der Waals surface area contributed by atoms with E-state index in [2.05, 4.69) is 4.98 Å². The second kappa shape index (κ2) is 6.68. The van der Waals surface area contributed by atoms with Gasteiger partial charge in [0.25, 0.3) is 0 Å². The van der Waals surface area contributed by atoms with Gasteiger partial charge in [0.2, 0.25) is 6.33 Å². The van der Waals surface area contributed by atoms with Crippen LogP contribution in [0.1, 0.15) is 28.8 Å². The predicted octanol–water partition coefficient (Wildman–Crippen LogP) is 4.23. The van der Waals surface area contributed by atoms with Gasteiger partial charge >= 0.3 is 5.82 Å². The molecule has 4 rings (SSSR count). The van der Waals surface area contributed by atoms with Gasteiger partial charge in [-0.15, -0.1) is 11.3 Å². The molecule has 0 amide bonds. The third kappa shape index (κ3) is 2.97. The van der Waals surface area contributed by atoms with Gasteiger partial charge in [-0.3, -0.25) is 9.36 Å². The van der Waals surface area contributed by atoms with Gasteiger partial charge in [-0.2, -0.15) is 0 Å². The van der Waals surface area contributed by atoms with Crippen molar-refractivity contribution in [3.8, 4) is 0 Å². The minimum Gasteiger partial charge on any atom is -0.358 e. The molecule has 0 fully saturated rings. The molecule has 6 nitrogen and oxygen atoms in total. The van der Waals surface area contributed by atoms with Gasteiger partial charge in [-0.05, 0) is 45.0 Å². The predicted molar refractivity (Wildman–Crippen MR) is 99.0 cm³/mol. The quantitative estimate of drug-likeness (QED) is 0.512. The second-order valence-electron chi connectivity index (χ2n) is 6.15. The third-order valence-electron chi connectivity index (χ3n) is 4.58. The minimum absolute atomic E-state index is 0.0687. The number of carbonyl (C=O) groups excluding carboxylic acids is 1. The van der Waals surface area contributed by atoms with Crippen LogP contribution in [-0.4, -0.2) is 20.3 Å². The highest BCUT2D eigenvalue weighted by Crippen LogP contribution is 2.43. The summed E-state index contributed by atoms with van der Waals surface area (Å²) in [4.78, 5) is 28.3. The molecule has 0 bridgehead atoms. The average Bonchev–Trinajstić information content (AvgIpc) is 3.34. The highest BCUT2D eigenvalue weighted by Gasteiger charge is 2.36. The van der Waals surface area contributed by atoms with Crippen molar-refractivity contribution in [3.05, 3.63) is 87.0 Å². The number of imidazole rings is 1. The summed E-state index contributed by atoms with van der Waals surface area (Å²) in [6, 6.07) is 13.3. The van der Waals surface area contributed by atoms with E-state index >= 15 is 0 Å². The van der Waals surface area contributed by atoms with E-state index in [9.17, 15) is 14.9 Å². The van der Waals surface area contributed by atoms with Gasteiger partial charge in [0.05, 0.1) is 0 Å². The first-order valence-electron chi connectivity index (χ1n) is 8.14. The first-order chi connectivity index (χ1) is 12.6. The molecule has 0 radical (unpaired) electrons. The van der Waals surface area contributed by atoms with E-state index in [1.807, 2.05) is 47.8 Å². The zero-order valence-corrected chi connectivity index (χ0v) is 14.5. The van der Waals surface area contributed by atoms with Crippen LogP contribution in [0.2, 0.25) is 0 Å². The summed E-state index contributed by atoms with van der Waals surface area (Å²) in [6.45, 7) is 0. The molecule has 0 saturated carbocycles. The van der Waals surface area contributed by atoms with Crippen molar-refractivity contribution in [2.24, 2.45) is 0 Å². The molecule has 2 aromatic heterocycles. The fourth-order valence-electron chi connectivity index (χ4n) is 3.40. The van der Waals surface area contributed by atoms with Crippen LogP contribution in [0, 0.1) is 10.1 Å². The molecule has 0 saturated heterocycles. The number of nitro groups is 1. The molecule has 0 N–H and O–H groups in total. The summed E-state index contributed by atoms with van der Waals surface area (Å²) >= 11 is 1.59. The lowest BCUT2D eigenvalue weighted by molar-refractivity contribution is -0.389. The molecule has 0 aliphatic heterocycles. The summed E-state index contributed by atoms with van der Waals surface area (Å²) in [5.41, 5.74) is 2.01. The van der Waals surface area contributed by atoms with E-state index in [1.54, 1.807) is 22.0 Å². The lowest BCUT2D eigenvalue weighted by atomic mass is 9.80. The molecule has 1 aliphatic carbocycles. The smallest absolute Gasteiger partial charge is 0.358 e. The Hall–Kier alpha value is -3.06. The molecular formula is C19H15N3O3S. The van der Waals surface area contributed by atoms with Gasteiger partial charge in [0.15, 0.2) is 5.78 Å². The first-order valence-corrected chi connectivity index (χ1v) is 9.02. The van der Waals surface area contributed by atoms with Gasteiger partial charge in [0.1, 0.15) is 12.2 Å². The average molecular weight is 365 g/mol. The van der Waals surface area contributed by atoms with E-state index in [-0.39, 0.29) is 17.5 Å². The lowest BCUT2D eigenvalue weighted by Crippen LogP contribution is -2.27. The van der Waals surface area contributed by atoms with E-state index in [0.29, 0.717) is 6.42 Å². The number of hydrogen-bond acceptors (Lipinski definition) is 5. The fourth-order valence-corrected chi connectivity index (χ4v) is 4.26. The normalized spacial score (nSPS) is 20.0. The minimum atomic E-state index is -0.546. The number of carbonyl (C=O) groups is 1. The number of hydrogen-bond donors (Lipinski definition) is 0. The van der Waals surface area contributed by atoms with Crippen LogP contribution in [-0.2, 0) is 4.79 Å². The Morgan fingerprint density at radius 2 is 2.00 bits per heavy atom. The van der Waals surface area contributed by atoms with E-state index < -0.39 is 11.0 Å². The number of thiophene rings is 1. The fraction of sp³-hybridized carbons (Fsp3) is 0.158. The van der Waals surface area contributed by atoms with Crippen molar-refractivity contribution in [1.82, 2.24) is 9.55 Å². The number of nitrogens with zero attached hydrogens (tertiary/aromatic N) is 3. The maximum Gasteiger partial charge on any atom is 0.381 e. The van der Waals surface area contributed by atoms with E-state index in [4.69, 9.17) is 0 Å². The Balaban J connectivity index is 1.77. The molecule has 1 aromatic carbocycles. The Kier molecular flexibility index (Phi) is 4.22. The SMILES string of the molecule is O=C1C=C(c2ccccc2)C[C@@H](c2cccs2)[C@H]1n1cnc([N+](=O)[O-])c1. The van der Waals surface area contributed by atoms with Crippen LogP contribution in [0.5, 0.6) is 0 Å². The molecule has 7 heteroatoms. The summed E-state index contributed by atoms with van der Waals surface area (Å²) in [5.74, 6) is -0.405. The van der Waals surface area contributed by atoms with E-state index in [1.165, 1.54) is 12.5 Å². The molecule has 1 aliphatic rings. The van der Waals surface area contributed by atoms with Crippen LogP contribution in [0.4, 0.5) is 5.82 Å². The van der Waals surface area contributed by atoms with Crippen molar-refractivity contribution in [1.29, 1.82) is 0 Å². The topological polar surface area (TPSA) is 78.0 Å². The highest BCUT2D eigenvalue weighted by molar-refractivity contribution is 7.10. The van der Waals surface area contributed by atoms with E-state index in [0.717, 1.165) is 16.0 Å². The van der Waals surface area contributed by atoms with Crippen LogP contribution in [0.25, 0.3) is 5.57 Å². The maximum absolute atomic E-state index is 13.0. The summed E-state index contributed by atoms with van der Waals surface area (Å²) in [5, 5.41) is 12.9. The number of ketones is 1. The van der Waals surface area contributed by atoms with Gasteiger partial charge in [0, 0.05) is 10.8 Å². The number of rotatable bonds is 4. The first kappa shape index (κ1) is 16.4. The Morgan fingerprint density at radius 3 is 2.65 bits per heavy atom. The Labute approximate surface area is 153 Å². The van der Waals surface area contributed by atoms with Crippen LogP contribution in [0.3, 0.4) is 0 Å². The van der Waals surface area contributed by atoms with Crippen LogP contribution >= 0.6 is 11.3 Å². The van der Waals surface area contributed by atoms with Crippen molar-refractivity contribution < 1.29 is 9.72 Å². The van der Waals surface area contributed by atoms with Gasteiger partial charge < -0.3 is 10.1 Å². The van der Waals surface area contributed by atoms with Crippen LogP contribution in [0.15, 0.2) is 66.4 Å². The molecule has 0 spiro atoms. The lowest BCUT2D eigenvalue weighted by Gasteiger charge is -2.30. The Bertz CT molecular complexity index is 977. The van der Waals surface area contributed by atoms with Crippen molar-refractivity contribution in [3.63, 3.8) is 0 Å². The summed E-state index contributed by atoms with van der Waals surface area (Å²) in [7, 11) is 0. The third-order valence-corrected chi connectivity index (χ3v) is 5.58. The Morgan fingerprint density at radius 1 is 1.19 bits per heavy atom. The highest BCUT2D eigenvalue weighted by atomic mass is 32.1. The molecule has 130 valence electrons. The number of benzene rings is 1. The monoisotopic (exact) mass is 365 g/mol.